The van der Waals surface area contributed by atoms with E-state index >= 15 is 0 Å². The predicted octanol–water partition coefficient (Wildman–Crippen LogP) is 18.5. The molecule has 0 aliphatic heterocycles. The number of aliphatic hydroxyl groups excluding tert-OH is 1. The van der Waals surface area contributed by atoms with Gasteiger partial charge in [0, 0.05) is 6.42 Å². The molecule has 424 valence electrons. The maximum atomic E-state index is 13.0. The average molecular weight is 1030 g/mol. The smallest absolute Gasteiger partial charge is 0.268 e. The first kappa shape index (κ1) is 70.5. The lowest BCUT2D eigenvalue weighted by Gasteiger charge is -2.29. The average Bonchev–Trinajstić information content (AvgIpc) is 3.34. The molecule has 0 spiro atoms. The Labute approximate surface area is 448 Å². The van der Waals surface area contributed by atoms with E-state index in [1.165, 1.54) is 231 Å². The lowest BCUT2D eigenvalue weighted by Crippen LogP contribution is -2.45. The van der Waals surface area contributed by atoms with Gasteiger partial charge in [0.05, 0.1) is 39.9 Å². The van der Waals surface area contributed by atoms with Gasteiger partial charge in [0.1, 0.15) is 13.2 Å². The number of nitrogens with zero attached hydrogens (tertiary/aromatic N) is 1. The minimum Gasteiger partial charge on any atom is -0.756 e. The molecule has 8 nitrogen and oxygen atoms in total. The standard InChI is InChI=1S/C63H121N2O6P/c1-6-8-10-12-14-16-18-20-22-24-25-26-27-28-29-30-31-32-33-34-35-36-37-38-39-41-43-45-47-49-51-53-55-57-63(67)64-61(60-71-72(68,69)70-59-58-65(3,4)5)62(66)56-54-52-50-48-46-44-42-40-23-21-19-17-15-13-11-9-7-2/h25-26,28-29,46,48,54,56,61-62,66H,6-24,27,30-45,47,49-53,55,57-60H2,1-5H3,(H-,64,67,68,69)/b26-25-,29-28-,48-46+,56-54+. The Kier molecular flexibility index (Phi) is 53.1. The minimum absolute atomic E-state index is 0.00595. The third kappa shape index (κ3) is 56.2. The first-order valence-electron chi connectivity index (χ1n) is 31.0. The molecule has 0 aromatic carbocycles. The number of carbonyl (C=O) groups is 1. The Balaban J connectivity index is 4.07. The number of hydrogen-bond acceptors (Lipinski definition) is 6. The van der Waals surface area contributed by atoms with Crippen molar-refractivity contribution in [2.75, 3.05) is 40.9 Å². The van der Waals surface area contributed by atoms with Crippen LogP contribution in [0.15, 0.2) is 48.6 Å². The molecule has 0 bridgehead atoms. The Morgan fingerprint density at radius 2 is 0.819 bits per heavy atom. The van der Waals surface area contributed by atoms with E-state index < -0.39 is 26.6 Å². The van der Waals surface area contributed by atoms with E-state index in [0.717, 1.165) is 44.9 Å². The highest BCUT2D eigenvalue weighted by molar-refractivity contribution is 7.45. The second-order valence-corrected chi connectivity index (χ2v) is 23.8. The Morgan fingerprint density at radius 3 is 1.21 bits per heavy atom. The highest BCUT2D eigenvalue weighted by atomic mass is 31.2. The molecule has 2 N–H and O–H groups in total. The number of rotatable bonds is 57. The molecule has 0 rings (SSSR count). The van der Waals surface area contributed by atoms with Crippen molar-refractivity contribution in [1.82, 2.24) is 5.32 Å². The molecular weight excluding hydrogens is 912 g/mol. The van der Waals surface area contributed by atoms with Gasteiger partial charge < -0.3 is 28.8 Å². The van der Waals surface area contributed by atoms with E-state index in [-0.39, 0.29) is 12.5 Å². The van der Waals surface area contributed by atoms with E-state index in [1.54, 1.807) is 6.08 Å². The van der Waals surface area contributed by atoms with Crippen molar-refractivity contribution in [1.29, 1.82) is 0 Å². The van der Waals surface area contributed by atoms with Crippen LogP contribution in [0.5, 0.6) is 0 Å². The quantitative estimate of drug-likeness (QED) is 0.0272. The Morgan fingerprint density at radius 1 is 0.486 bits per heavy atom. The fourth-order valence-electron chi connectivity index (χ4n) is 9.14. The largest absolute Gasteiger partial charge is 0.756 e. The zero-order valence-corrected chi connectivity index (χ0v) is 49.3. The SMILES string of the molecule is CCCCCCCCCCC/C=C\C/C=C\CCCCCCCCCCCCCCCCCCCC(=O)NC(COP(=O)([O-])OCC[N+](C)(C)C)C(O)/C=C/CC/C=C/CCCCCCCCCCCCC. The molecule has 0 heterocycles. The molecule has 0 aliphatic carbocycles. The predicted molar refractivity (Wildman–Crippen MR) is 311 cm³/mol. The number of amides is 1. The van der Waals surface area contributed by atoms with Crippen LogP contribution in [0.2, 0.25) is 0 Å². The topological polar surface area (TPSA) is 108 Å². The summed E-state index contributed by atoms with van der Waals surface area (Å²) in [6.45, 7) is 4.65. The molecule has 0 radical (unpaired) electrons. The van der Waals surface area contributed by atoms with Crippen molar-refractivity contribution in [2.24, 2.45) is 0 Å². The van der Waals surface area contributed by atoms with Gasteiger partial charge in [-0.25, -0.2) is 0 Å². The lowest BCUT2D eigenvalue weighted by atomic mass is 10.0. The van der Waals surface area contributed by atoms with Crippen molar-refractivity contribution in [3.8, 4) is 0 Å². The molecule has 0 fully saturated rings. The molecular formula is C63H121N2O6P. The third-order valence-electron chi connectivity index (χ3n) is 14.0. The Hall–Kier alpha value is -1.54. The number of unbranched alkanes of at least 4 members (excludes halogenated alkanes) is 38. The summed E-state index contributed by atoms with van der Waals surface area (Å²) in [6.07, 6.45) is 72.1. The number of nitrogens with one attached hydrogen (secondary N) is 1. The summed E-state index contributed by atoms with van der Waals surface area (Å²) >= 11 is 0. The first-order chi connectivity index (χ1) is 35.0. The van der Waals surface area contributed by atoms with Crippen LogP contribution in [-0.2, 0) is 18.4 Å². The van der Waals surface area contributed by atoms with Crippen LogP contribution in [0.1, 0.15) is 296 Å². The van der Waals surface area contributed by atoms with Crippen LogP contribution in [0.25, 0.3) is 0 Å². The minimum atomic E-state index is -4.60. The summed E-state index contributed by atoms with van der Waals surface area (Å²) < 4.78 is 23.3. The number of aliphatic hydroxyl groups is 1. The zero-order chi connectivity index (χ0) is 52.7. The summed E-state index contributed by atoms with van der Waals surface area (Å²) in [5.74, 6) is -0.204. The van der Waals surface area contributed by atoms with Gasteiger partial charge in [-0.15, -0.1) is 0 Å². The second-order valence-electron chi connectivity index (χ2n) is 22.4. The first-order valence-corrected chi connectivity index (χ1v) is 32.5. The van der Waals surface area contributed by atoms with Crippen molar-refractivity contribution in [2.45, 2.75) is 309 Å². The second kappa shape index (κ2) is 54.3. The summed E-state index contributed by atoms with van der Waals surface area (Å²) in [7, 11) is 1.25. The molecule has 72 heavy (non-hydrogen) atoms. The Bertz CT molecular complexity index is 1310. The normalized spacial score (nSPS) is 14.2. The molecule has 0 aromatic heterocycles. The van der Waals surface area contributed by atoms with Gasteiger partial charge in [-0.05, 0) is 64.2 Å². The number of quaternary nitrogens is 1. The van der Waals surface area contributed by atoms with Gasteiger partial charge in [-0.2, -0.15) is 0 Å². The van der Waals surface area contributed by atoms with Crippen LogP contribution in [0.4, 0.5) is 0 Å². The monoisotopic (exact) mass is 1030 g/mol. The molecule has 1 amide bonds. The fraction of sp³-hybridized carbons (Fsp3) is 0.857. The number of allylic oxidation sites excluding steroid dienone is 7. The lowest BCUT2D eigenvalue weighted by molar-refractivity contribution is -0.870. The third-order valence-corrected chi connectivity index (χ3v) is 15.0. The zero-order valence-electron chi connectivity index (χ0n) is 48.4. The van der Waals surface area contributed by atoms with Crippen LogP contribution >= 0.6 is 7.82 Å². The summed E-state index contributed by atoms with van der Waals surface area (Å²) in [4.78, 5) is 25.5. The number of hydrogen-bond donors (Lipinski definition) is 2. The molecule has 0 saturated carbocycles. The summed E-state index contributed by atoms with van der Waals surface area (Å²) in [5, 5.41) is 13.9. The maximum Gasteiger partial charge on any atom is 0.268 e. The molecule has 0 aliphatic rings. The number of phosphoric ester groups is 1. The molecule has 0 aromatic rings. The van der Waals surface area contributed by atoms with E-state index in [0.29, 0.717) is 17.4 Å². The van der Waals surface area contributed by atoms with Crippen molar-refractivity contribution < 1.29 is 32.9 Å². The van der Waals surface area contributed by atoms with Crippen LogP contribution in [0, 0.1) is 0 Å². The summed E-state index contributed by atoms with van der Waals surface area (Å²) in [6, 6.07) is -0.903. The highest BCUT2D eigenvalue weighted by Gasteiger charge is 2.23. The number of phosphoric acid groups is 1. The van der Waals surface area contributed by atoms with Gasteiger partial charge in [-0.1, -0.05) is 274 Å². The van der Waals surface area contributed by atoms with Crippen LogP contribution in [-0.4, -0.2) is 68.5 Å². The number of likely N-dealkylation sites (N-methyl/N-ethyl adjacent to an activating group) is 1. The van der Waals surface area contributed by atoms with Gasteiger partial charge in [0.15, 0.2) is 0 Å². The van der Waals surface area contributed by atoms with Gasteiger partial charge in [0.25, 0.3) is 7.82 Å². The van der Waals surface area contributed by atoms with Crippen molar-refractivity contribution >= 4 is 13.7 Å². The van der Waals surface area contributed by atoms with Crippen LogP contribution < -0.4 is 10.2 Å². The van der Waals surface area contributed by atoms with Gasteiger partial charge >= 0.3 is 0 Å². The number of carbonyl (C=O) groups excluding carboxylic acids is 1. The van der Waals surface area contributed by atoms with Crippen LogP contribution in [0.3, 0.4) is 0 Å². The van der Waals surface area contributed by atoms with E-state index in [4.69, 9.17) is 9.05 Å². The molecule has 3 atom stereocenters. The van der Waals surface area contributed by atoms with Crippen molar-refractivity contribution in [3.05, 3.63) is 48.6 Å². The van der Waals surface area contributed by atoms with E-state index in [1.807, 2.05) is 27.2 Å². The van der Waals surface area contributed by atoms with E-state index in [2.05, 4.69) is 55.6 Å². The van der Waals surface area contributed by atoms with Gasteiger partial charge in [-0.3, -0.25) is 9.36 Å². The molecule has 3 unspecified atom stereocenters. The highest BCUT2D eigenvalue weighted by Crippen LogP contribution is 2.38. The maximum absolute atomic E-state index is 13.0. The summed E-state index contributed by atoms with van der Waals surface area (Å²) in [5.41, 5.74) is 0. The fourth-order valence-corrected chi connectivity index (χ4v) is 9.87. The molecule has 0 saturated heterocycles. The van der Waals surface area contributed by atoms with Crippen molar-refractivity contribution in [3.63, 3.8) is 0 Å². The molecule has 9 heteroatoms. The van der Waals surface area contributed by atoms with Gasteiger partial charge in [0.2, 0.25) is 5.91 Å². The van der Waals surface area contributed by atoms with E-state index in [9.17, 15) is 19.4 Å².